The van der Waals surface area contributed by atoms with E-state index in [1.165, 1.54) is 6.21 Å². The van der Waals surface area contributed by atoms with Gasteiger partial charge in [-0.05, 0) is 92.6 Å². The number of rotatable bonds is 9. The van der Waals surface area contributed by atoms with E-state index in [0.717, 1.165) is 12.8 Å². The molecule has 5 saturated heterocycles. The molecule has 6 aliphatic rings. The van der Waals surface area contributed by atoms with E-state index in [9.17, 15) is 23.7 Å². The number of carbonyl (C=O) groups excluding carboxylic acids is 4. The number of carbonyl (C=O) groups is 4. The van der Waals surface area contributed by atoms with Gasteiger partial charge in [-0.1, -0.05) is 43.4 Å². The minimum absolute atomic E-state index is 0.0220. The Hall–Kier alpha value is -2.96. The maximum atomic E-state index is 14.4. The van der Waals surface area contributed by atoms with E-state index in [2.05, 4.69) is 16.6 Å². The number of ether oxygens (including phenoxy) is 6. The van der Waals surface area contributed by atoms with Crippen molar-refractivity contribution >= 4 is 41.4 Å². The molecule has 0 aromatic heterocycles. The molecular formula is C44H65N4O11S+. The highest BCUT2D eigenvalue weighted by atomic mass is 32.2. The molecule has 1 aromatic rings. The second-order valence-corrected chi connectivity index (χ2v) is 21.6. The summed E-state index contributed by atoms with van der Waals surface area (Å²) in [7, 11) is 5.30. The number of nitrogens with zero attached hydrogens (tertiary/aromatic N) is 3. The Kier molecular flexibility index (Phi) is 12.2. The number of amides is 1. The first-order valence-electron chi connectivity index (χ1n) is 21.5. The number of cyclic esters (lactones) is 1. The molecule has 60 heavy (non-hydrogen) atoms. The van der Waals surface area contributed by atoms with E-state index in [4.69, 9.17) is 28.4 Å². The molecule has 1 N–H and O–H groups in total. The van der Waals surface area contributed by atoms with Gasteiger partial charge in [-0.15, -0.1) is 0 Å². The van der Waals surface area contributed by atoms with E-state index in [1.54, 1.807) is 38.3 Å². The number of piperidine rings is 1. The monoisotopic (exact) mass is 857 g/mol. The summed E-state index contributed by atoms with van der Waals surface area (Å²) >= 11 is -1.57. The lowest BCUT2D eigenvalue weighted by Gasteiger charge is -2.47. The normalized spacial score (nSPS) is 43.5. The average molecular weight is 858 g/mol. The molecule has 15 nitrogen and oxygen atoms in total. The fourth-order valence-electron chi connectivity index (χ4n) is 11.1. The van der Waals surface area contributed by atoms with Gasteiger partial charge in [0, 0.05) is 19.4 Å². The first kappa shape index (κ1) is 45.1. The highest BCUT2D eigenvalue weighted by Crippen LogP contribution is 2.81. The summed E-state index contributed by atoms with van der Waals surface area (Å²) in [6, 6.07) is 8.13. The molecule has 16 atom stereocenters. The van der Waals surface area contributed by atoms with Gasteiger partial charge in [0.1, 0.15) is 40.5 Å². The highest BCUT2D eigenvalue weighted by Gasteiger charge is 3.06. The van der Waals surface area contributed by atoms with Crippen LogP contribution >= 0.6 is 0 Å². The molecule has 1 aliphatic carbocycles. The number of likely N-dealkylation sites (N-methyl/N-ethyl adjacent to an activating group) is 1. The van der Waals surface area contributed by atoms with Crippen LogP contribution < -0.4 is 5.32 Å². The first-order chi connectivity index (χ1) is 28.2. The van der Waals surface area contributed by atoms with Crippen molar-refractivity contribution in [2.75, 3.05) is 27.7 Å². The molecule has 332 valence electrons. The van der Waals surface area contributed by atoms with E-state index < -0.39 is 94.1 Å². The number of ketones is 1. The number of methoxy groups -OCH3 is 1. The minimum atomic E-state index is -1.57. The van der Waals surface area contributed by atoms with Crippen LogP contribution in [0.2, 0.25) is 0 Å². The van der Waals surface area contributed by atoms with Crippen molar-refractivity contribution in [2.24, 2.45) is 16.2 Å². The fraction of sp³-hybridized carbons (Fsp3) is 0.750. The zero-order valence-corrected chi connectivity index (χ0v) is 37.8. The van der Waals surface area contributed by atoms with Crippen LogP contribution in [0.3, 0.4) is 0 Å². The summed E-state index contributed by atoms with van der Waals surface area (Å²) in [5.74, 6) is -2.71. The number of quaternary nitrogens is 1. The van der Waals surface area contributed by atoms with E-state index in [1.807, 2.05) is 66.6 Å². The zero-order valence-electron chi connectivity index (χ0n) is 37.0. The largest absolute Gasteiger partial charge is 0.591 e. The molecule has 5 aliphatic heterocycles. The third-order valence-corrected chi connectivity index (χ3v) is 15.7. The molecule has 5 heterocycles. The van der Waals surface area contributed by atoms with Gasteiger partial charge >= 0.3 is 18.0 Å². The van der Waals surface area contributed by atoms with Gasteiger partial charge in [-0.25, -0.2) is 4.79 Å². The van der Waals surface area contributed by atoms with Gasteiger partial charge in [0.15, 0.2) is 30.0 Å². The number of Topliss-reactive ketones (excluding diaryl/α,β-unsaturated/α-hetero) is 1. The second-order valence-electron chi connectivity index (χ2n) is 19.7. The Bertz CT molecular complexity index is 1850. The lowest BCUT2D eigenvalue weighted by atomic mass is 9.80. The lowest BCUT2D eigenvalue weighted by Crippen LogP contribution is -2.61. The maximum Gasteiger partial charge on any atom is 0.518 e. The number of nitrogens with one attached hydrogen (secondary N) is 1. The van der Waals surface area contributed by atoms with Crippen molar-refractivity contribution in [1.82, 2.24) is 10.2 Å². The van der Waals surface area contributed by atoms with Crippen LogP contribution in [0.15, 0.2) is 34.7 Å². The van der Waals surface area contributed by atoms with E-state index in [0.29, 0.717) is 35.9 Å². The zero-order chi connectivity index (χ0) is 43.7. The number of esters is 2. The third-order valence-electron chi connectivity index (χ3n) is 14.3. The molecule has 1 amide bonds. The molecule has 0 radical (unpaired) electrons. The number of hydrogen-bond acceptors (Lipinski definition) is 14. The average Bonchev–Trinajstić information content (AvgIpc) is 4.00. The van der Waals surface area contributed by atoms with Crippen LogP contribution in [0.25, 0.3) is 0 Å². The van der Waals surface area contributed by atoms with Crippen LogP contribution in [0.5, 0.6) is 0 Å². The van der Waals surface area contributed by atoms with Crippen LogP contribution in [0.4, 0.5) is 4.79 Å². The second kappa shape index (κ2) is 16.3. The number of benzene rings is 1. The minimum Gasteiger partial charge on any atom is -0.591 e. The van der Waals surface area contributed by atoms with Crippen molar-refractivity contribution in [3.8, 4) is 0 Å². The van der Waals surface area contributed by atoms with Crippen molar-refractivity contribution in [3.63, 3.8) is 0 Å². The van der Waals surface area contributed by atoms with Gasteiger partial charge in [0.05, 0.1) is 42.0 Å². The molecule has 5 unspecified atom stereocenters. The molecule has 16 heteroatoms. The van der Waals surface area contributed by atoms with E-state index in [-0.39, 0.29) is 35.7 Å². The fourth-order valence-corrected chi connectivity index (χ4v) is 11.7. The smallest absolute Gasteiger partial charge is 0.518 e. The Balaban J connectivity index is 1.22. The highest BCUT2D eigenvalue weighted by molar-refractivity contribution is 7.91. The standard InChI is InChI=1S/C44H65N4O11S/c1-12-33-43(8)36-29(21-44-22-32(44)48(36,44)40(52)59-43)45-23-25(2)20-42(7,54-11)37(26(3)31(49)19-34(50)56-33)58-39-35(57-38(51)27-16-14-13-15-17-27)30(47(9)10)18-28(55-39)24-46-60(53)41(4,5)6/h13-17,24-26,28-30,32-33,35-37,39,45H,12,18-23H2,1-11H3/q+1/b46-24+/t25-,26+,28+,29-,30?,32?,33-,35-,36-,37-,39+,42-,43-,44?,48?,60?/m1/s1. The quantitative estimate of drug-likeness (QED) is 0.0700. The maximum absolute atomic E-state index is 14.4. The summed E-state index contributed by atoms with van der Waals surface area (Å²) in [5.41, 5.74) is -1.98. The van der Waals surface area contributed by atoms with Gasteiger partial charge < -0.3 is 43.2 Å². The SMILES string of the molecule is CC[C@H]1OC(=O)CC(=O)[C@H](C)[C@@H](O[C@@H]2O[C@H](/C=N/[S+]([O-])C(C)(C)C)CC(N(C)C)[C@H]2OC(=O)c2ccccc2)[C@](C)(OC)C[C@@H](C)CN[C@@H]2CC34CC3[N+]43C(=O)O[C@@]1(C)[C@@H]23. The molecule has 7 rings (SSSR count). The molecule has 6 fully saturated rings. The predicted octanol–water partition coefficient (Wildman–Crippen LogP) is 4.52. The van der Waals surface area contributed by atoms with E-state index >= 15 is 0 Å². The van der Waals surface area contributed by atoms with Crippen LogP contribution in [0, 0.1) is 11.8 Å². The summed E-state index contributed by atoms with van der Waals surface area (Å²) in [6.45, 7) is 15.5. The van der Waals surface area contributed by atoms with Gasteiger partial charge in [0.2, 0.25) is 5.60 Å². The lowest BCUT2D eigenvalue weighted by molar-refractivity contribution is -0.796. The Morgan fingerprint density at radius 2 is 1.82 bits per heavy atom. The first-order valence-corrected chi connectivity index (χ1v) is 22.6. The Labute approximate surface area is 357 Å². The van der Waals surface area contributed by atoms with Gasteiger partial charge in [-0.3, -0.25) is 9.59 Å². The van der Waals surface area contributed by atoms with Crippen LogP contribution in [0.1, 0.15) is 104 Å². The van der Waals surface area contributed by atoms with Crippen LogP contribution in [-0.2, 0) is 49.4 Å². The summed E-state index contributed by atoms with van der Waals surface area (Å²) < 4.78 is 55.7. The predicted molar refractivity (Wildman–Crippen MR) is 222 cm³/mol. The summed E-state index contributed by atoms with van der Waals surface area (Å²) in [5, 5.41) is 3.81. The molecule has 2 spiro atoms. The number of hydrogen-bond donors (Lipinski definition) is 1. The van der Waals surface area contributed by atoms with Crippen molar-refractivity contribution < 1.29 is 56.6 Å². The van der Waals surface area contributed by atoms with Gasteiger partial charge in [0.25, 0.3) is 0 Å². The third kappa shape index (κ3) is 7.64. The molecule has 1 saturated carbocycles. The van der Waals surface area contributed by atoms with Crippen LogP contribution in [-0.4, -0.2) is 148 Å². The summed E-state index contributed by atoms with van der Waals surface area (Å²) in [6.07, 6.45) is -1.05. The summed E-state index contributed by atoms with van der Waals surface area (Å²) in [4.78, 5) is 57.6. The van der Waals surface area contributed by atoms with Crippen molar-refractivity contribution in [2.45, 2.75) is 170 Å². The topological polar surface area (TPSA) is 174 Å². The van der Waals surface area contributed by atoms with Crippen molar-refractivity contribution in [1.29, 1.82) is 0 Å². The Morgan fingerprint density at radius 3 is 2.43 bits per heavy atom. The van der Waals surface area contributed by atoms with Gasteiger partial charge in [-0.2, -0.15) is 9.28 Å². The Morgan fingerprint density at radius 1 is 1.12 bits per heavy atom. The van der Waals surface area contributed by atoms with Crippen molar-refractivity contribution in [3.05, 3.63) is 35.9 Å². The molecule has 1 aromatic carbocycles. The molecular weight excluding hydrogens is 793 g/mol. The molecule has 0 bridgehead atoms.